The standard InChI is InChI=1S/C12H22N4/c1-10-12(8-15(3)14-10)9-16-5-4-11(7-16)6-13-2/h8,11,13H,4-7,9H2,1-3H3. The smallest absolute Gasteiger partial charge is 0.0638 e. The first-order valence-electron chi connectivity index (χ1n) is 6.05. The molecule has 90 valence electrons. The first-order chi connectivity index (χ1) is 7.69. The van der Waals surface area contributed by atoms with E-state index in [9.17, 15) is 0 Å². The maximum atomic E-state index is 4.39. The van der Waals surface area contributed by atoms with Crippen LogP contribution in [-0.2, 0) is 13.6 Å². The molecule has 0 amide bonds. The third-order valence-corrected chi connectivity index (χ3v) is 3.37. The Balaban J connectivity index is 1.89. The molecular weight excluding hydrogens is 200 g/mol. The molecule has 1 aliphatic rings. The number of hydrogen-bond donors (Lipinski definition) is 1. The van der Waals surface area contributed by atoms with Crippen molar-refractivity contribution in [2.45, 2.75) is 19.9 Å². The van der Waals surface area contributed by atoms with Crippen molar-refractivity contribution in [1.82, 2.24) is 20.0 Å². The number of likely N-dealkylation sites (tertiary alicyclic amines) is 1. The van der Waals surface area contributed by atoms with Gasteiger partial charge in [0.15, 0.2) is 0 Å². The molecule has 4 heteroatoms. The zero-order valence-electron chi connectivity index (χ0n) is 10.5. The highest BCUT2D eigenvalue weighted by atomic mass is 15.3. The fraction of sp³-hybridized carbons (Fsp3) is 0.750. The molecule has 1 unspecified atom stereocenters. The Morgan fingerprint density at radius 1 is 1.56 bits per heavy atom. The van der Waals surface area contributed by atoms with Crippen molar-refractivity contribution >= 4 is 0 Å². The molecule has 16 heavy (non-hydrogen) atoms. The molecule has 0 radical (unpaired) electrons. The van der Waals surface area contributed by atoms with Gasteiger partial charge >= 0.3 is 0 Å². The van der Waals surface area contributed by atoms with Crippen LogP contribution in [0.25, 0.3) is 0 Å². The third-order valence-electron chi connectivity index (χ3n) is 3.37. The van der Waals surface area contributed by atoms with Gasteiger partial charge in [0.25, 0.3) is 0 Å². The molecule has 1 atom stereocenters. The quantitative estimate of drug-likeness (QED) is 0.817. The van der Waals surface area contributed by atoms with Crippen LogP contribution in [0.1, 0.15) is 17.7 Å². The summed E-state index contributed by atoms with van der Waals surface area (Å²) in [4.78, 5) is 2.53. The van der Waals surface area contributed by atoms with Gasteiger partial charge in [0, 0.05) is 31.9 Å². The fourth-order valence-electron chi connectivity index (χ4n) is 2.56. The van der Waals surface area contributed by atoms with Gasteiger partial charge in [-0.2, -0.15) is 5.10 Å². The van der Waals surface area contributed by atoms with Crippen LogP contribution in [0.2, 0.25) is 0 Å². The molecule has 1 aromatic heterocycles. The lowest BCUT2D eigenvalue weighted by atomic mass is 10.1. The van der Waals surface area contributed by atoms with Gasteiger partial charge in [0.1, 0.15) is 0 Å². The van der Waals surface area contributed by atoms with Crippen molar-refractivity contribution < 1.29 is 0 Å². The van der Waals surface area contributed by atoms with Crippen LogP contribution in [-0.4, -0.2) is 41.4 Å². The highest BCUT2D eigenvalue weighted by molar-refractivity contribution is 5.15. The molecule has 1 aliphatic heterocycles. The lowest BCUT2D eigenvalue weighted by Crippen LogP contribution is -2.24. The number of nitrogens with one attached hydrogen (secondary N) is 1. The minimum Gasteiger partial charge on any atom is -0.319 e. The van der Waals surface area contributed by atoms with Crippen molar-refractivity contribution in [3.05, 3.63) is 17.5 Å². The number of hydrogen-bond acceptors (Lipinski definition) is 3. The summed E-state index contributed by atoms with van der Waals surface area (Å²) in [6.45, 7) is 6.73. The number of nitrogens with zero attached hydrogens (tertiary/aromatic N) is 3. The number of aryl methyl sites for hydroxylation is 2. The van der Waals surface area contributed by atoms with Crippen LogP contribution in [0.5, 0.6) is 0 Å². The molecule has 2 rings (SSSR count). The molecule has 2 heterocycles. The lowest BCUT2D eigenvalue weighted by Gasteiger charge is -2.15. The summed E-state index contributed by atoms with van der Waals surface area (Å²) in [5.74, 6) is 0.821. The lowest BCUT2D eigenvalue weighted by molar-refractivity contribution is 0.315. The Morgan fingerprint density at radius 3 is 3.00 bits per heavy atom. The van der Waals surface area contributed by atoms with E-state index in [2.05, 4.69) is 28.4 Å². The summed E-state index contributed by atoms with van der Waals surface area (Å²) in [7, 11) is 4.03. The summed E-state index contributed by atoms with van der Waals surface area (Å²) in [6, 6.07) is 0. The van der Waals surface area contributed by atoms with E-state index in [1.807, 2.05) is 18.8 Å². The Morgan fingerprint density at radius 2 is 2.38 bits per heavy atom. The van der Waals surface area contributed by atoms with E-state index in [1.54, 1.807) is 0 Å². The van der Waals surface area contributed by atoms with Crippen molar-refractivity contribution in [2.24, 2.45) is 13.0 Å². The van der Waals surface area contributed by atoms with Crippen molar-refractivity contribution in [1.29, 1.82) is 0 Å². The molecule has 0 saturated carbocycles. The molecule has 4 nitrogen and oxygen atoms in total. The summed E-state index contributed by atoms with van der Waals surface area (Å²) in [5.41, 5.74) is 2.53. The van der Waals surface area contributed by atoms with Gasteiger partial charge < -0.3 is 5.32 Å². The highest BCUT2D eigenvalue weighted by Crippen LogP contribution is 2.18. The Hall–Kier alpha value is -0.870. The molecule has 0 bridgehead atoms. The van der Waals surface area contributed by atoms with E-state index in [4.69, 9.17) is 0 Å². The second-order valence-electron chi connectivity index (χ2n) is 4.86. The Bertz CT molecular complexity index is 345. The summed E-state index contributed by atoms with van der Waals surface area (Å²) < 4.78 is 1.91. The SMILES string of the molecule is CNCC1CCN(Cc2cn(C)nc2C)C1. The van der Waals surface area contributed by atoms with Gasteiger partial charge in [-0.15, -0.1) is 0 Å². The maximum absolute atomic E-state index is 4.39. The first kappa shape index (κ1) is 11.6. The van der Waals surface area contributed by atoms with E-state index >= 15 is 0 Å². The minimum absolute atomic E-state index is 0.821. The number of rotatable bonds is 4. The van der Waals surface area contributed by atoms with Gasteiger partial charge in [-0.05, 0) is 39.4 Å². The van der Waals surface area contributed by atoms with Crippen LogP contribution >= 0.6 is 0 Å². The first-order valence-corrected chi connectivity index (χ1v) is 6.05. The zero-order chi connectivity index (χ0) is 11.5. The van der Waals surface area contributed by atoms with Crippen LogP contribution in [0.15, 0.2) is 6.20 Å². The Labute approximate surface area is 97.6 Å². The van der Waals surface area contributed by atoms with E-state index in [-0.39, 0.29) is 0 Å². The molecule has 1 aromatic rings. The Kier molecular flexibility index (Phi) is 3.61. The zero-order valence-corrected chi connectivity index (χ0v) is 10.5. The molecular formula is C12H22N4. The summed E-state index contributed by atoms with van der Waals surface area (Å²) in [6.07, 6.45) is 3.46. The van der Waals surface area contributed by atoms with Crippen molar-refractivity contribution in [3.63, 3.8) is 0 Å². The van der Waals surface area contributed by atoms with Crippen molar-refractivity contribution in [2.75, 3.05) is 26.7 Å². The topological polar surface area (TPSA) is 33.1 Å². The largest absolute Gasteiger partial charge is 0.319 e. The fourth-order valence-corrected chi connectivity index (χ4v) is 2.56. The van der Waals surface area contributed by atoms with E-state index in [0.29, 0.717) is 0 Å². The predicted molar refractivity (Wildman–Crippen MR) is 65.3 cm³/mol. The predicted octanol–water partition coefficient (Wildman–Crippen LogP) is 0.770. The molecule has 1 fully saturated rings. The van der Waals surface area contributed by atoms with Gasteiger partial charge in [-0.1, -0.05) is 0 Å². The van der Waals surface area contributed by atoms with Crippen LogP contribution in [0.3, 0.4) is 0 Å². The molecule has 0 aromatic carbocycles. The molecule has 1 N–H and O–H groups in total. The third kappa shape index (κ3) is 2.62. The normalized spacial score (nSPS) is 21.8. The monoisotopic (exact) mass is 222 g/mol. The van der Waals surface area contributed by atoms with Gasteiger partial charge in [0.2, 0.25) is 0 Å². The molecule has 1 saturated heterocycles. The van der Waals surface area contributed by atoms with Crippen LogP contribution in [0, 0.1) is 12.8 Å². The summed E-state index contributed by atoms with van der Waals surface area (Å²) >= 11 is 0. The average molecular weight is 222 g/mol. The highest BCUT2D eigenvalue weighted by Gasteiger charge is 2.22. The van der Waals surface area contributed by atoms with Crippen LogP contribution in [0.4, 0.5) is 0 Å². The second-order valence-corrected chi connectivity index (χ2v) is 4.86. The van der Waals surface area contributed by atoms with Gasteiger partial charge in [-0.25, -0.2) is 0 Å². The van der Waals surface area contributed by atoms with E-state index in [1.165, 1.54) is 30.8 Å². The van der Waals surface area contributed by atoms with Gasteiger partial charge in [-0.3, -0.25) is 9.58 Å². The average Bonchev–Trinajstić information content (AvgIpc) is 2.76. The minimum atomic E-state index is 0.821. The van der Waals surface area contributed by atoms with E-state index in [0.717, 1.165) is 19.0 Å². The van der Waals surface area contributed by atoms with E-state index < -0.39 is 0 Å². The molecule has 0 spiro atoms. The van der Waals surface area contributed by atoms with Crippen LogP contribution < -0.4 is 5.32 Å². The summed E-state index contributed by atoms with van der Waals surface area (Å²) in [5, 5.41) is 7.65. The molecule has 0 aliphatic carbocycles. The van der Waals surface area contributed by atoms with Crippen molar-refractivity contribution in [3.8, 4) is 0 Å². The maximum Gasteiger partial charge on any atom is 0.0638 e. The second kappa shape index (κ2) is 4.97. The number of aromatic nitrogens is 2. The van der Waals surface area contributed by atoms with Gasteiger partial charge in [0.05, 0.1) is 5.69 Å².